The van der Waals surface area contributed by atoms with Crippen molar-refractivity contribution in [1.82, 2.24) is 10.2 Å². The van der Waals surface area contributed by atoms with E-state index >= 15 is 0 Å². The summed E-state index contributed by atoms with van der Waals surface area (Å²) in [6, 6.07) is 5.93. The van der Waals surface area contributed by atoms with Gasteiger partial charge in [0.1, 0.15) is 11.6 Å². The van der Waals surface area contributed by atoms with E-state index in [0.717, 1.165) is 60.6 Å². The molecule has 0 saturated carbocycles. The number of piperidine rings is 1. The Labute approximate surface area is 162 Å². The van der Waals surface area contributed by atoms with Crippen LogP contribution in [0.25, 0.3) is 5.57 Å². The first-order valence-corrected chi connectivity index (χ1v) is 9.82. The highest BCUT2D eigenvalue weighted by Gasteiger charge is 2.27. The van der Waals surface area contributed by atoms with Crippen molar-refractivity contribution in [1.29, 1.82) is 5.26 Å². The molecule has 5 heteroatoms. The van der Waals surface area contributed by atoms with E-state index in [0.29, 0.717) is 11.6 Å². The van der Waals surface area contributed by atoms with E-state index in [2.05, 4.69) is 23.2 Å². The van der Waals surface area contributed by atoms with Crippen molar-refractivity contribution >= 4 is 5.57 Å². The maximum atomic E-state index is 10.5. The number of nitrogens with zero attached hydrogens (tertiary/aromatic N) is 2. The van der Waals surface area contributed by atoms with Crippen LogP contribution < -0.4 is 11.1 Å². The maximum Gasteiger partial charge on any atom is 0.124 e. The van der Waals surface area contributed by atoms with E-state index in [4.69, 9.17) is 11.0 Å². The van der Waals surface area contributed by atoms with Crippen molar-refractivity contribution in [3.05, 3.63) is 45.8 Å². The molecule has 144 valence electrons. The summed E-state index contributed by atoms with van der Waals surface area (Å²) in [6.45, 7) is 9.16. The van der Waals surface area contributed by atoms with Crippen LogP contribution >= 0.6 is 0 Å². The molecule has 0 aromatic heterocycles. The van der Waals surface area contributed by atoms with Gasteiger partial charge < -0.3 is 21.1 Å². The number of phenolic OH excluding ortho intramolecular Hbond substituents is 1. The molecular formula is C22H30N4O. The molecule has 1 fully saturated rings. The number of rotatable bonds is 3. The molecule has 2 aliphatic rings. The Morgan fingerprint density at radius 2 is 2.07 bits per heavy atom. The highest BCUT2D eigenvalue weighted by molar-refractivity contribution is 5.77. The molecule has 0 unspecified atom stereocenters. The van der Waals surface area contributed by atoms with Gasteiger partial charge in [0.2, 0.25) is 0 Å². The molecule has 3 rings (SSSR count). The summed E-state index contributed by atoms with van der Waals surface area (Å²) in [5.74, 6) is 1.05. The molecule has 0 spiro atoms. The van der Waals surface area contributed by atoms with Gasteiger partial charge in [-0.05, 0) is 87.4 Å². The second-order valence-corrected chi connectivity index (χ2v) is 7.71. The minimum Gasteiger partial charge on any atom is -0.507 e. The molecule has 0 amide bonds. The zero-order valence-corrected chi connectivity index (χ0v) is 16.6. The van der Waals surface area contributed by atoms with Gasteiger partial charge in [0.25, 0.3) is 0 Å². The van der Waals surface area contributed by atoms with Gasteiger partial charge in [-0.15, -0.1) is 0 Å². The molecule has 1 saturated heterocycles. The number of aromatic hydroxyl groups is 1. The first-order valence-electron chi connectivity index (χ1n) is 9.82. The van der Waals surface area contributed by atoms with Crippen LogP contribution in [0.5, 0.6) is 5.75 Å². The van der Waals surface area contributed by atoms with Gasteiger partial charge in [0.15, 0.2) is 0 Å². The fraction of sp³-hybridized carbons (Fsp3) is 0.500. The summed E-state index contributed by atoms with van der Waals surface area (Å²) >= 11 is 0. The molecule has 5 nitrogen and oxygen atoms in total. The lowest BCUT2D eigenvalue weighted by atomic mass is 9.89. The third-order valence-electron chi connectivity index (χ3n) is 5.99. The average molecular weight is 367 g/mol. The van der Waals surface area contributed by atoms with Gasteiger partial charge in [-0.3, -0.25) is 0 Å². The zero-order valence-electron chi connectivity index (χ0n) is 16.6. The molecule has 27 heavy (non-hydrogen) atoms. The zero-order chi connectivity index (χ0) is 19.6. The fourth-order valence-electron chi connectivity index (χ4n) is 4.44. The lowest BCUT2D eigenvalue weighted by Crippen LogP contribution is -2.49. The predicted octanol–water partition coefficient (Wildman–Crippen LogP) is 3.38. The number of aryl methyl sites for hydroxylation is 1. The quantitative estimate of drug-likeness (QED) is 0.763. The Bertz CT molecular complexity index is 802. The molecule has 0 radical (unpaired) electrons. The van der Waals surface area contributed by atoms with Crippen LogP contribution in [-0.2, 0) is 0 Å². The minimum absolute atomic E-state index is 0.159. The fourth-order valence-corrected chi connectivity index (χ4v) is 4.44. The van der Waals surface area contributed by atoms with Crippen molar-refractivity contribution in [3.63, 3.8) is 0 Å². The van der Waals surface area contributed by atoms with Crippen LogP contribution in [0.2, 0.25) is 0 Å². The Kier molecular flexibility index (Phi) is 5.76. The van der Waals surface area contributed by atoms with E-state index in [-0.39, 0.29) is 5.75 Å². The normalized spacial score (nSPS) is 21.7. The first-order chi connectivity index (χ1) is 12.9. The Balaban J connectivity index is 2.00. The van der Waals surface area contributed by atoms with E-state index in [1.165, 1.54) is 24.5 Å². The smallest absolute Gasteiger partial charge is 0.124 e. The first kappa shape index (κ1) is 19.3. The van der Waals surface area contributed by atoms with Crippen LogP contribution in [-0.4, -0.2) is 35.7 Å². The number of hydrogen-bond acceptors (Lipinski definition) is 5. The molecule has 2 aliphatic heterocycles. The van der Waals surface area contributed by atoms with Gasteiger partial charge in [0.05, 0.1) is 11.6 Å². The van der Waals surface area contributed by atoms with E-state index < -0.39 is 0 Å². The highest BCUT2D eigenvalue weighted by atomic mass is 16.3. The molecule has 1 aromatic carbocycles. The number of allylic oxidation sites excluding steroid dienone is 3. The summed E-state index contributed by atoms with van der Waals surface area (Å²) in [5.41, 5.74) is 12.2. The second-order valence-electron chi connectivity index (χ2n) is 7.71. The van der Waals surface area contributed by atoms with Gasteiger partial charge in [-0.2, -0.15) is 5.26 Å². The van der Waals surface area contributed by atoms with Crippen LogP contribution in [0.15, 0.2) is 29.1 Å². The summed E-state index contributed by atoms with van der Waals surface area (Å²) in [5, 5.41) is 23.1. The highest BCUT2D eigenvalue weighted by Crippen LogP contribution is 2.36. The largest absolute Gasteiger partial charge is 0.507 e. The van der Waals surface area contributed by atoms with E-state index in [1.54, 1.807) is 0 Å². The van der Waals surface area contributed by atoms with Crippen LogP contribution in [0.3, 0.4) is 0 Å². The number of nitrogens with two attached hydrogens (primary N) is 1. The minimum atomic E-state index is 0.159. The van der Waals surface area contributed by atoms with Crippen molar-refractivity contribution in [2.45, 2.75) is 52.5 Å². The summed E-state index contributed by atoms with van der Waals surface area (Å²) in [7, 11) is 0. The van der Waals surface area contributed by atoms with Crippen molar-refractivity contribution in [2.24, 2.45) is 5.73 Å². The van der Waals surface area contributed by atoms with E-state index in [1.807, 2.05) is 19.9 Å². The SMILES string of the molecule is C/C(C1=C(N)N([C@@H]2CCCNC2)CCC1)=C(/C)c1c(C)cc(C#N)cc1O. The molecule has 2 heterocycles. The monoisotopic (exact) mass is 366 g/mol. The third-order valence-corrected chi connectivity index (χ3v) is 5.99. The third kappa shape index (κ3) is 3.81. The molecule has 0 aliphatic carbocycles. The van der Waals surface area contributed by atoms with E-state index in [9.17, 15) is 5.11 Å². The number of phenols is 1. The number of hydrogen-bond donors (Lipinski definition) is 3. The maximum absolute atomic E-state index is 10.5. The summed E-state index contributed by atoms with van der Waals surface area (Å²) in [6.07, 6.45) is 4.42. The Morgan fingerprint density at radius 1 is 1.30 bits per heavy atom. The lowest BCUT2D eigenvalue weighted by molar-refractivity contribution is 0.195. The number of benzene rings is 1. The van der Waals surface area contributed by atoms with Crippen LogP contribution in [0.1, 0.15) is 56.2 Å². The second kappa shape index (κ2) is 8.06. The molecule has 0 bridgehead atoms. The van der Waals surface area contributed by atoms with Gasteiger partial charge in [-0.25, -0.2) is 0 Å². The summed E-state index contributed by atoms with van der Waals surface area (Å²) < 4.78 is 0. The summed E-state index contributed by atoms with van der Waals surface area (Å²) in [4.78, 5) is 2.37. The molecule has 4 N–H and O–H groups in total. The Morgan fingerprint density at radius 3 is 2.70 bits per heavy atom. The topological polar surface area (TPSA) is 85.3 Å². The number of nitriles is 1. The van der Waals surface area contributed by atoms with Crippen molar-refractivity contribution in [2.75, 3.05) is 19.6 Å². The lowest BCUT2D eigenvalue weighted by Gasteiger charge is -2.40. The Hall–Kier alpha value is -2.45. The predicted molar refractivity (Wildman–Crippen MR) is 109 cm³/mol. The van der Waals surface area contributed by atoms with Crippen molar-refractivity contribution in [3.8, 4) is 11.8 Å². The molecule has 1 atom stereocenters. The van der Waals surface area contributed by atoms with Gasteiger partial charge in [-0.1, -0.05) is 0 Å². The molecular weight excluding hydrogens is 336 g/mol. The van der Waals surface area contributed by atoms with Gasteiger partial charge in [0, 0.05) is 24.7 Å². The molecule has 1 aromatic rings. The standard InChI is InChI=1S/C22H30N4O/c1-14-10-17(12-23)11-20(27)21(14)16(3)15(2)19-7-5-9-26(22(19)24)18-6-4-8-25-13-18/h10-11,18,25,27H,4-9,13,24H2,1-3H3/b16-15+/t18-/m1/s1. The van der Waals surface area contributed by atoms with Crippen LogP contribution in [0, 0.1) is 18.3 Å². The van der Waals surface area contributed by atoms with Crippen molar-refractivity contribution < 1.29 is 5.11 Å². The van der Waals surface area contributed by atoms with Gasteiger partial charge >= 0.3 is 0 Å². The van der Waals surface area contributed by atoms with Crippen LogP contribution in [0.4, 0.5) is 0 Å². The number of nitrogens with one attached hydrogen (secondary N) is 1. The average Bonchev–Trinajstić information content (AvgIpc) is 2.67.